The van der Waals surface area contributed by atoms with Crippen molar-refractivity contribution in [2.75, 3.05) is 13.7 Å². The van der Waals surface area contributed by atoms with Crippen LogP contribution < -0.4 is 15.2 Å². The summed E-state index contributed by atoms with van der Waals surface area (Å²) in [6.45, 7) is 0.778. The van der Waals surface area contributed by atoms with E-state index < -0.39 is 0 Å². The lowest BCUT2D eigenvalue weighted by Gasteiger charge is -2.13. The van der Waals surface area contributed by atoms with Gasteiger partial charge in [0.15, 0.2) is 0 Å². The molecule has 1 heterocycles. The summed E-state index contributed by atoms with van der Waals surface area (Å²) in [5.41, 5.74) is 7.24. The number of nitrogens with two attached hydrogens (primary N) is 1. The maximum Gasteiger partial charge on any atom is 0.213 e. The number of hydrogen-bond acceptors (Lipinski definition) is 4. The number of pyridine rings is 1. The Kier molecular flexibility index (Phi) is 5.67. The Morgan fingerprint density at radius 1 is 1.24 bits per heavy atom. The largest absolute Gasteiger partial charge is 0.485 e. The molecule has 0 amide bonds. The summed E-state index contributed by atoms with van der Waals surface area (Å²) >= 11 is 12.2. The van der Waals surface area contributed by atoms with Gasteiger partial charge in [0.2, 0.25) is 5.88 Å². The first kappa shape index (κ1) is 15.9. The number of hydrogen-bond donors (Lipinski definition) is 1. The van der Waals surface area contributed by atoms with Crippen molar-refractivity contribution in [3.8, 4) is 11.6 Å². The fourth-order valence-electron chi connectivity index (χ4n) is 1.91. The number of ether oxygens (including phenoxy) is 2. The van der Waals surface area contributed by atoms with Crippen LogP contribution in [0.25, 0.3) is 0 Å². The van der Waals surface area contributed by atoms with Gasteiger partial charge in [-0.3, -0.25) is 0 Å². The van der Waals surface area contributed by atoms with Crippen LogP contribution >= 0.6 is 23.2 Å². The van der Waals surface area contributed by atoms with Crippen molar-refractivity contribution in [3.05, 3.63) is 51.6 Å². The second-order valence-corrected chi connectivity index (χ2v) is 5.22. The monoisotopic (exact) mass is 326 g/mol. The highest BCUT2D eigenvalue weighted by Crippen LogP contribution is 2.33. The summed E-state index contributed by atoms with van der Waals surface area (Å²) in [7, 11) is 1.57. The van der Waals surface area contributed by atoms with Crippen LogP contribution in [0.15, 0.2) is 30.3 Å². The fourth-order valence-corrected chi connectivity index (χ4v) is 2.50. The molecular formula is C15H16Cl2N2O2. The molecular weight excluding hydrogens is 311 g/mol. The minimum atomic E-state index is 0.288. The van der Waals surface area contributed by atoms with Gasteiger partial charge in [0.1, 0.15) is 12.4 Å². The van der Waals surface area contributed by atoms with Crippen LogP contribution in [-0.4, -0.2) is 18.6 Å². The van der Waals surface area contributed by atoms with Crippen LogP contribution in [0.2, 0.25) is 10.0 Å². The molecule has 112 valence electrons. The van der Waals surface area contributed by atoms with E-state index in [1.165, 1.54) is 0 Å². The molecule has 2 N–H and O–H groups in total. The lowest BCUT2D eigenvalue weighted by molar-refractivity contribution is 0.295. The summed E-state index contributed by atoms with van der Waals surface area (Å²) in [5.74, 6) is 1.14. The van der Waals surface area contributed by atoms with Gasteiger partial charge in [0, 0.05) is 11.1 Å². The van der Waals surface area contributed by atoms with Gasteiger partial charge in [0.25, 0.3) is 0 Å². The van der Waals surface area contributed by atoms with E-state index in [1.54, 1.807) is 19.2 Å². The lowest BCUT2D eigenvalue weighted by atomic mass is 10.1. The zero-order valence-corrected chi connectivity index (χ0v) is 13.1. The number of methoxy groups -OCH3 is 1. The van der Waals surface area contributed by atoms with E-state index in [-0.39, 0.29) is 6.61 Å². The number of benzene rings is 1. The molecule has 6 heteroatoms. The summed E-state index contributed by atoms with van der Waals surface area (Å²) in [6, 6.07) is 8.95. The predicted octanol–water partition coefficient (Wildman–Crippen LogP) is 3.48. The van der Waals surface area contributed by atoms with Crippen LogP contribution in [0.1, 0.15) is 11.3 Å². The number of aromatic nitrogens is 1. The molecule has 0 aliphatic carbocycles. The van der Waals surface area contributed by atoms with E-state index in [2.05, 4.69) is 4.98 Å². The van der Waals surface area contributed by atoms with Crippen molar-refractivity contribution < 1.29 is 9.47 Å². The van der Waals surface area contributed by atoms with Crippen LogP contribution in [0.4, 0.5) is 0 Å². The number of nitrogens with zero attached hydrogens (tertiary/aromatic N) is 1. The SMILES string of the molecule is COc1cccc(COc2c(Cl)cc(Cl)cc2CCN)n1. The maximum absolute atomic E-state index is 6.20. The van der Waals surface area contributed by atoms with E-state index >= 15 is 0 Å². The van der Waals surface area contributed by atoms with Gasteiger partial charge in [-0.2, -0.15) is 0 Å². The third kappa shape index (κ3) is 4.24. The van der Waals surface area contributed by atoms with Gasteiger partial charge in [-0.25, -0.2) is 4.98 Å². The van der Waals surface area contributed by atoms with E-state index in [4.69, 9.17) is 38.4 Å². The molecule has 0 atom stereocenters. The average molecular weight is 327 g/mol. The van der Waals surface area contributed by atoms with Crippen LogP contribution in [0, 0.1) is 0 Å². The second-order valence-electron chi connectivity index (χ2n) is 4.37. The smallest absolute Gasteiger partial charge is 0.213 e. The molecule has 1 aromatic heterocycles. The van der Waals surface area contributed by atoms with Crippen molar-refractivity contribution >= 4 is 23.2 Å². The van der Waals surface area contributed by atoms with Crippen molar-refractivity contribution in [2.24, 2.45) is 5.73 Å². The molecule has 0 bridgehead atoms. The van der Waals surface area contributed by atoms with E-state index in [0.717, 1.165) is 11.3 Å². The highest BCUT2D eigenvalue weighted by atomic mass is 35.5. The second kappa shape index (κ2) is 7.50. The topological polar surface area (TPSA) is 57.4 Å². The van der Waals surface area contributed by atoms with Gasteiger partial charge >= 0.3 is 0 Å². The Bertz CT molecular complexity index is 621. The molecule has 0 aliphatic heterocycles. The zero-order chi connectivity index (χ0) is 15.2. The molecule has 0 saturated heterocycles. The number of rotatable bonds is 6. The van der Waals surface area contributed by atoms with Gasteiger partial charge < -0.3 is 15.2 Å². The third-order valence-corrected chi connectivity index (χ3v) is 3.35. The van der Waals surface area contributed by atoms with E-state index in [9.17, 15) is 0 Å². The Morgan fingerprint density at radius 3 is 2.76 bits per heavy atom. The van der Waals surface area contributed by atoms with Crippen molar-refractivity contribution in [3.63, 3.8) is 0 Å². The normalized spacial score (nSPS) is 10.5. The first-order chi connectivity index (χ1) is 10.1. The lowest BCUT2D eigenvalue weighted by Crippen LogP contribution is -2.06. The van der Waals surface area contributed by atoms with Gasteiger partial charge in [-0.1, -0.05) is 29.3 Å². The predicted molar refractivity (Wildman–Crippen MR) is 84.3 cm³/mol. The van der Waals surface area contributed by atoms with Gasteiger partial charge in [-0.05, 0) is 36.7 Å². The standard InChI is InChI=1S/C15H16Cl2N2O2/c1-20-14-4-2-3-12(19-14)9-21-15-10(5-6-18)7-11(16)8-13(15)17/h2-4,7-8H,5-6,9,18H2,1H3. The van der Waals surface area contributed by atoms with E-state index in [1.807, 2.05) is 18.2 Å². The first-order valence-corrected chi connectivity index (χ1v) is 7.20. The van der Waals surface area contributed by atoms with Crippen LogP contribution in [0.3, 0.4) is 0 Å². The van der Waals surface area contributed by atoms with Crippen molar-refractivity contribution in [1.82, 2.24) is 4.98 Å². The highest BCUT2D eigenvalue weighted by molar-refractivity contribution is 6.35. The first-order valence-electron chi connectivity index (χ1n) is 6.44. The van der Waals surface area contributed by atoms with E-state index in [0.29, 0.717) is 34.6 Å². The molecule has 0 unspecified atom stereocenters. The molecule has 0 fully saturated rings. The molecule has 0 saturated carbocycles. The minimum absolute atomic E-state index is 0.288. The summed E-state index contributed by atoms with van der Waals surface area (Å²) in [6.07, 6.45) is 0.640. The Hall–Kier alpha value is -1.49. The molecule has 0 radical (unpaired) electrons. The molecule has 1 aromatic carbocycles. The van der Waals surface area contributed by atoms with Crippen LogP contribution in [-0.2, 0) is 13.0 Å². The summed E-state index contributed by atoms with van der Waals surface area (Å²) in [4.78, 5) is 4.29. The quantitative estimate of drug-likeness (QED) is 0.882. The Labute approximate surface area is 133 Å². The van der Waals surface area contributed by atoms with Crippen molar-refractivity contribution in [1.29, 1.82) is 0 Å². The van der Waals surface area contributed by atoms with Gasteiger partial charge in [0.05, 0.1) is 17.8 Å². The summed E-state index contributed by atoms with van der Waals surface area (Å²) in [5, 5.41) is 1.03. The summed E-state index contributed by atoms with van der Waals surface area (Å²) < 4.78 is 10.9. The minimum Gasteiger partial charge on any atom is -0.485 e. The molecule has 0 spiro atoms. The highest BCUT2D eigenvalue weighted by Gasteiger charge is 2.11. The molecule has 4 nitrogen and oxygen atoms in total. The Balaban J connectivity index is 2.18. The Morgan fingerprint density at radius 2 is 2.05 bits per heavy atom. The molecule has 2 aromatic rings. The van der Waals surface area contributed by atoms with Crippen LogP contribution in [0.5, 0.6) is 11.6 Å². The molecule has 0 aliphatic rings. The third-order valence-electron chi connectivity index (χ3n) is 2.85. The maximum atomic E-state index is 6.20. The average Bonchev–Trinajstić information content (AvgIpc) is 2.47. The van der Waals surface area contributed by atoms with Crippen molar-refractivity contribution in [2.45, 2.75) is 13.0 Å². The zero-order valence-electron chi connectivity index (χ0n) is 11.6. The van der Waals surface area contributed by atoms with Gasteiger partial charge in [-0.15, -0.1) is 0 Å². The number of halogens is 2. The fraction of sp³-hybridized carbons (Fsp3) is 0.267. The molecule has 2 rings (SSSR count). The molecule has 21 heavy (non-hydrogen) atoms.